The average molecular weight is 1090 g/mol. The maximum absolute atomic E-state index is 12.9. The number of unbranched alkanes of at least 4 members (excludes halogenated alkanes) is 36. The zero-order valence-corrected chi connectivity index (χ0v) is 51.7. The van der Waals surface area contributed by atoms with Crippen molar-refractivity contribution in [1.29, 1.82) is 0 Å². The number of carbonyl (C=O) groups excluding carboxylic acids is 3. The number of rotatable bonds is 61. The number of esters is 3. The molecule has 0 saturated heterocycles. The van der Waals surface area contributed by atoms with Gasteiger partial charge in [0.1, 0.15) is 13.2 Å². The van der Waals surface area contributed by atoms with Crippen LogP contribution in [0.15, 0.2) is 85.1 Å². The maximum Gasteiger partial charge on any atom is 0.306 e. The van der Waals surface area contributed by atoms with E-state index in [1.807, 2.05) is 0 Å². The Morgan fingerprint density at radius 3 is 0.769 bits per heavy atom. The molecule has 450 valence electrons. The summed E-state index contributed by atoms with van der Waals surface area (Å²) >= 11 is 0. The third kappa shape index (κ3) is 63.4. The molecule has 0 saturated carbocycles. The van der Waals surface area contributed by atoms with Crippen molar-refractivity contribution in [2.24, 2.45) is 0 Å². The smallest absolute Gasteiger partial charge is 0.306 e. The number of ether oxygens (including phenoxy) is 3. The van der Waals surface area contributed by atoms with Crippen molar-refractivity contribution in [3.8, 4) is 0 Å². The van der Waals surface area contributed by atoms with Gasteiger partial charge in [0.05, 0.1) is 0 Å². The fourth-order valence-corrected chi connectivity index (χ4v) is 9.67. The molecule has 0 bridgehead atoms. The summed E-state index contributed by atoms with van der Waals surface area (Å²) in [5.41, 5.74) is 0. The van der Waals surface area contributed by atoms with E-state index in [9.17, 15) is 14.4 Å². The van der Waals surface area contributed by atoms with Crippen LogP contribution >= 0.6 is 0 Å². The van der Waals surface area contributed by atoms with Gasteiger partial charge in [0, 0.05) is 19.3 Å². The van der Waals surface area contributed by atoms with E-state index in [2.05, 4.69) is 106 Å². The molecule has 0 spiro atoms. The topological polar surface area (TPSA) is 78.9 Å². The lowest BCUT2D eigenvalue weighted by Gasteiger charge is -2.18. The van der Waals surface area contributed by atoms with Gasteiger partial charge in [0.2, 0.25) is 0 Å². The lowest BCUT2D eigenvalue weighted by atomic mass is 10.0. The minimum absolute atomic E-state index is 0.0962. The molecule has 78 heavy (non-hydrogen) atoms. The largest absolute Gasteiger partial charge is 0.462 e. The van der Waals surface area contributed by atoms with E-state index in [0.717, 1.165) is 89.9 Å². The molecule has 0 N–H and O–H groups in total. The Morgan fingerprint density at radius 1 is 0.269 bits per heavy atom. The van der Waals surface area contributed by atoms with Gasteiger partial charge in [-0.05, 0) is 70.6 Å². The van der Waals surface area contributed by atoms with Gasteiger partial charge in [0.25, 0.3) is 0 Å². The molecule has 0 aromatic heterocycles. The van der Waals surface area contributed by atoms with E-state index < -0.39 is 6.10 Å². The summed E-state index contributed by atoms with van der Waals surface area (Å²) in [4.78, 5) is 38.1. The second-order valence-corrected chi connectivity index (χ2v) is 22.4. The highest BCUT2D eigenvalue weighted by molar-refractivity contribution is 5.71. The van der Waals surface area contributed by atoms with Crippen LogP contribution in [-0.4, -0.2) is 37.2 Å². The summed E-state index contributed by atoms with van der Waals surface area (Å²) < 4.78 is 16.8. The van der Waals surface area contributed by atoms with Gasteiger partial charge >= 0.3 is 17.9 Å². The van der Waals surface area contributed by atoms with Crippen molar-refractivity contribution in [3.05, 3.63) is 85.1 Å². The molecule has 0 aromatic carbocycles. The third-order valence-electron chi connectivity index (χ3n) is 14.7. The maximum atomic E-state index is 12.9. The predicted molar refractivity (Wildman–Crippen MR) is 339 cm³/mol. The van der Waals surface area contributed by atoms with Gasteiger partial charge in [-0.2, -0.15) is 0 Å². The molecular weight excluding hydrogens is 961 g/mol. The van der Waals surface area contributed by atoms with Gasteiger partial charge in [0.15, 0.2) is 6.10 Å². The first-order valence-electron chi connectivity index (χ1n) is 33.6. The highest BCUT2D eigenvalue weighted by atomic mass is 16.6. The highest BCUT2D eigenvalue weighted by Gasteiger charge is 2.19. The van der Waals surface area contributed by atoms with Crippen LogP contribution in [0.3, 0.4) is 0 Å². The summed E-state index contributed by atoms with van der Waals surface area (Å²) in [5, 5.41) is 0. The molecule has 0 radical (unpaired) electrons. The Kier molecular flexibility index (Phi) is 63.2. The zero-order chi connectivity index (χ0) is 56.4. The lowest BCUT2D eigenvalue weighted by Crippen LogP contribution is -2.30. The van der Waals surface area contributed by atoms with E-state index in [1.54, 1.807) is 0 Å². The summed E-state index contributed by atoms with van der Waals surface area (Å²) in [6, 6.07) is 0. The Hall–Kier alpha value is -3.41. The lowest BCUT2D eigenvalue weighted by molar-refractivity contribution is -0.167. The first-order valence-corrected chi connectivity index (χ1v) is 33.6. The Bertz CT molecular complexity index is 1480. The number of hydrogen-bond donors (Lipinski definition) is 0. The second-order valence-electron chi connectivity index (χ2n) is 22.4. The normalized spacial score (nSPS) is 12.6. The van der Waals surface area contributed by atoms with Crippen LogP contribution in [0, 0.1) is 0 Å². The first kappa shape index (κ1) is 74.6. The molecule has 0 heterocycles. The summed E-state index contributed by atoms with van der Waals surface area (Å²) in [7, 11) is 0. The van der Waals surface area contributed by atoms with Crippen LogP contribution in [0.5, 0.6) is 0 Å². The fourth-order valence-electron chi connectivity index (χ4n) is 9.67. The minimum Gasteiger partial charge on any atom is -0.462 e. The molecule has 0 rings (SSSR count). The standard InChI is InChI=1S/C72H126O6/c1-4-7-10-13-16-19-21-23-25-27-29-31-33-34-35-36-37-38-40-41-43-45-47-49-51-53-56-59-62-65-71(74)77-68-69(67-76-70(73)64-61-58-55-18-15-12-9-6-3)78-72(75)66-63-60-57-54-52-50-48-46-44-42-39-32-30-28-26-24-22-20-17-14-11-8-5-2/h8,11,17,20,24,26,30,32,42,44,48,50,54,57,69H,4-7,9-10,12-16,18-19,21-23,25,27-29,31,33-41,43,45-47,49,51-53,55-56,58-68H2,1-3H3/b11-8-,20-17-,26-24-,32-30-,44-42-,50-48-,57-54-. The van der Waals surface area contributed by atoms with Crippen molar-refractivity contribution in [2.75, 3.05) is 13.2 Å². The molecule has 1 unspecified atom stereocenters. The van der Waals surface area contributed by atoms with Crippen LogP contribution in [0.25, 0.3) is 0 Å². The number of carbonyl (C=O) groups is 3. The predicted octanol–water partition coefficient (Wildman–Crippen LogP) is 23.1. The summed E-state index contributed by atoms with van der Waals surface area (Å²) in [5.74, 6) is -0.948. The first-order chi connectivity index (χ1) is 38.5. The quantitative estimate of drug-likeness (QED) is 0.0261. The van der Waals surface area contributed by atoms with Crippen molar-refractivity contribution < 1.29 is 28.6 Å². The highest BCUT2D eigenvalue weighted by Crippen LogP contribution is 2.18. The molecular formula is C72H126O6. The van der Waals surface area contributed by atoms with E-state index in [4.69, 9.17) is 14.2 Å². The Labute approximate surface area is 484 Å². The average Bonchev–Trinajstić information content (AvgIpc) is 3.44. The fraction of sp³-hybridized carbons (Fsp3) is 0.764. The minimum atomic E-state index is -0.804. The van der Waals surface area contributed by atoms with Gasteiger partial charge in [-0.15, -0.1) is 0 Å². The summed E-state index contributed by atoms with van der Waals surface area (Å²) in [6.45, 7) is 6.49. The zero-order valence-electron chi connectivity index (χ0n) is 51.7. The number of allylic oxidation sites excluding steroid dienone is 14. The van der Waals surface area contributed by atoms with Crippen LogP contribution in [0.4, 0.5) is 0 Å². The SMILES string of the molecule is CC/C=C\C/C=C\C/C=C\C/C=C\C/C=C\C/C=C\C/C=C\CCCC(=O)OC(COC(=O)CCCCCCCCCC)COC(=O)CCCCCCCCCCCCCCCCCCCCCCCCCCCCCCC. The Morgan fingerprint density at radius 2 is 0.500 bits per heavy atom. The van der Waals surface area contributed by atoms with Crippen molar-refractivity contribution in [2.45, 2.75) is 341 Å². The van der Waals surface area contributed by atoms with E-state index >= 15 is 0 Å². The van der Waals surface area contributed by atoms with Crippen molar-refractivity contribution >= 4 is 17.9 Å². The van der Waals surface area contributed by atoms with Gasteiger partial charge in [-0.3, -0.25) is 14.4 Å². The molecule has 1 atom stereocenters. The molecule has 0 aromatic rings. The van der Waals surface area contributed by atoms with Gasteiger partial charge in [-0.25, -0.2) is 0 Å². The van der Waals surface area contributed by atoms with Crippen LogP contribution in [-0.2, 0) is 28.6 Å². The van der Waals surface area contributed by atoms with Crippen molar-refractivity contribution in [3.63, 3.8) is 0 Å². The second kappa shape index (κ2) is 66.1. The summed E-state index contributed by atoms with van der Waals surface area (Å²) in [6.07, 6.45) is 87.8. The molecule has 0 aliphatic carbocycles. The molecule has 6 heteroatoms. The monoisotopic (exact) mass is 1090 g/mol. The van der Waals surface area contributed by atoms with Crippen LogP contribution in [0.1, 0.15) is 335 Å². The molecule has 0 amide bonds. The molecule has 0 aliphatic rings. The van der Waals surface area contributed by atoms with E-state index in [0.29, 0.717) is 19.3 Å². The van der Waals surface area contributed by atoms with E-state index in [-0.39, 0.29) is 37.5 Å². The third-order valence-corrected chi connectivity index (χ3v) is 14.7. The molecule has 0 fully saturated rings. The Balaban J connectivity index is 4.18. The molecule has 6 nitrogen and oxygen atoms in total. The van der Waals surface area contributed by atoms with Crippen molar-refractivity contribution in [1.82, 2.24) is 0 Å². The molecule has 0 aliphatic heterocycles. The van der Waals surface area contributed by atoms with Crippen LogP contribution in [0.2, 0.25) is 0 Å². The number of hydrogen-bond acceptors (Lipinski definition) is 6. The van der Waals surface area contributed by atoms with E-state index in [1.165, 1.54) is 199 Å². The van der Waals surface area contributed by atoms with Gasteiger partial charge < -0.3 is 14.2 Å². The van der Waals surface area contributed by atoms with Gasteiger partial charge in [-0.1, -0.05) is 331 Å². The van der Waals surface area contributed by atoms with Crippen LogP contribution < -0.4 is 0 Å².